The molecule has 0 amide bonds. The van der Waals surface area contributed by atoms with Gasteiger partial charge in [-0.2, -0.15) is 26.3 Å². The molecule has 0 aromatic heterocycles. The summed E-state index contributed by atoms with van der Waals surface area (Å²) >= 11 is 0. The quantitative estimate of drug-likeness (QED) is 0.213. The van der Waals surface area contributed by atoms with Crippen LogP contribution >= 0.6 is 0 Å². The first-order valence-corrected chi connectivity index (χ1v) is 9.77. The van der Waals surface area contributed by atoms with Crippen molar-refractivity contribution in [3.63, 3.8) is 0 Å². The molecule has 0 spiro atoms. The van der Waals surface area contributed by atoms with Crippen LogP contribution in [0.15, 0.2) is 12.2 Å². The fourth-order valence-electron chi connectivity index (χ4n) is 5.20. The van der Waals surface area contributed by atoms with Gasteiger partial charge in [-0.3, -0.25) is 14.4 Å². The summed E-state index contributed by atoms with van der Waals surface area (Å²) in [4.78, 5) is 37.3. The molecular formula is C19H18F6O6. The second-order valence-electron chi connectivity index (χ2n) is 8.40. The molecule has 172 valence electrons. The average Bonchev–Trinajstić information content (AvgIpc) is 3.27. The van der Waals surface area contributed by atoms with Crippen LogP contribution in [0, 0.1) is 23.2 Å². The maximum atomic E-state index is 12.8. The lowest BCUT2D eigenvalue weighted by atomic mass is 9.73. The molecule has 3 fully saturated rings. The highest BCUT2D eigenvalue weighted by Crippen LogP contribution is 2.63. The molecule has 1 saturated heterocycles. The van der Waals surface area contributed by atoms with Gasteiger partial charge in [0.15, 0.2) is 5.41 Å². The Balaban J connectivity index is 1.50. The maximum absolute atomic E-state index is 12.8. The fourth-order valence-corrected chi connectivity index (χ4v) is 5.20. The van der Waals surface area contributed by atoms with Gasteiger partial charge in [-0.25, -0.2) is 0 Å². The molecule has 0 radical (unpaired) electrons. The number of halogens is 6. The van der Waals surface area contributed by atoms with E-state index in [2.05, 4.69) is 4.74 Å². The second-order valence-corrected chi connectivity index (χ2v) is 8.40. The van der Waals surface area contributed by atoms with E-state index in [0.717, 1.165) is 0 Å². The topological polar surface area (TPSA) is 78.9 Å². The largest absolute Gasteiger partial charge is 0.458 e. The van der Waals surface area contributed by atoms with Crippen molar-refractivity contribution in [1.29, 1.82) is 0 Å². The zero-order valence-electron chi connectivity index (χ0n) is 15.9. The second kappa shape index (κ2) is 7.13. The highest BCUT2D eigenvalue weighted by atomic mass is 19.4. The van der Waals surface area contributed by atoms with E-state index in [4.69, 9.17) is 9.47 Å². The minimum atomic E-state index is -5.89. The number of carbonyl (C=O) groups excluding carboxylic acids is 3. The van der Waals surface area contributed by atoms with Crippen molar-refractivity contribution < 1.29 is 54.9 Å². The van der Waals surface area contributed by atoms with Crippen LogP contribution in [0.3, 0.4) is 0 Å². The molecule has 1 heterocycles. The van der Waals surface area contributed by atoms with E-state index in [1.54, 1.807) is 0 Å². The minimum Gasteiger partial charge on any atom is -0.458 e. The summed E-state index contributed by atoms with van der Waals surface area (Å²) in [6.07, 6.45) is -12.9. The standard InChI is InChI=1S/C19H18F6O6/c20-18(21,22)14(19(23,24)25)31-16(28)17-7-9-6-10(17)12(30-15(17)27)11(9)29-13(26)8-4-2-1-3-5-8/h1-2,8-12,14H,3-7H2. The fraction of sp³-hybridized carbons (Fsp3) is 0.737. The Morgan fingerprint density at radius 2 is 1.81 bits per heavy atom. The van der Waals surface area contributed by atoms with Gasteiger partial charge in [0.2, 0.25) is 0 Å². The number of ether oxygens (including phenoxy) is 3. The molecule has 2 bridgehead atoms. The van der Waals surface area contributed by atoms with Gasteiger partial charge >= 0.3 is 30.3 Å². The van der Waals surface area contributed by atoms with E-state index >= 15 is 0 Å². The first kappa shape index (κ1) is 21.9. The molecular weight excluding hydrogens is 438 g/mol. The lowest BCUT2D eigenvalue weighted by Gasteiger charge is -2.32. The van der Waals surface area contributed by atoms with E-state index in [0.29, 0.717) is 19.3 Å². The summed E-state index contributed by atoms with van der Waals surface area (Å²) in [5.74, 6) is -5.65. The van der Waals surface area contributed by atoms with Gasteiger partial charge in [0.05, 0.1) is 5.92 Å². The number of esters is 3. The molecule has 6 unspecified atom stereocenters. The van der Waals surface area contributed by atoms with Gasteiger partial charge in [-0.15, -0.1) is 0 Å². The Bertz CT molecular complexity index is 806. The zero-order chi connectivity index (χ0) is 22.8. The monoisotopic (exact) mass is 456 g/mol. The molecule has 2 saturated carbocycles. The number of hydrogen-bond acceptors (Lipinski definition) is 6. The van der Waals surface area contributed by atoms with Crippen molar-refractivity contribution in [3.8, 4) is 0 Å². The van der Waals surface area contributed by atoms with E-state index in [-0.39, 0.29) is 12.3 Å². The SMILES string of the molecule is O=C(OC1C2CC3C1OC(=O)C3(C(=O)OC(C(F)(F)F)C(F)(F)F)C2)C1CC=CCC1. The maximum Gasteiger partial charge on any atom is 0.434 e. The van der Waals surface area contributed by atoms with E-state index in [1.807, 2.05) is 12.2 Å². The number of hydrogen-bond donors (Lipinski definition) is 0. The van der Waals surface area contributed by atoms with Crippen LogP contribution in [0.2, 0.25) is 0 Å². The normalized spacial score (nSPS) is 36.6. The molecule has 6 atom stereocenters. The molecule has 31 heavy (non-hydrogen) atoms. The van der Waals surface area contributed by atoms with Crippen LogP contribution in [0.4, 0.5) is 26.3 Å². The van der Waals surface area contributed by atoms with Gasteiger partial charge in [0, 0.05) is 11.8 Å². The Morgan fingerprint density at radius 3 is 2.39 bits per heavy atom. The molecule has 4 aliphatic rings. The number of allylic oxidation sites excluding steroid dienone is 2. The van der Waals surface area contributed by atoms with Gasteiger partial charge in [0.25, 0.3) is 6.10 Å². The molecule has 6 nitrogen and oxygen atoms in total. The van der Waals surface area contributed by atoms with Crippen molar-refractivity contribution in [2.24, 2.45) is 23.2 Å². The van der Waals surface area contributed by atoms with Crippen molar-refractivity contribution in [3.05, 3.63) is 12.2 Å². The van der Waals surface area contributed by atoms with E-state index in [1.165, 1.54) is 0 Å². The summed E-state index contributed by atoms with van der Waals surface area (Å²) in [7, 11) is 0. The Kier molecular flexibility index (Phi) is 5.04. The first-order chi connectivity index (χ1) is 14.4. The van der Waals surface area contributed by atoms with E-state index < -0.39 is 72.2 Å². The van der Waals surface area contributed by atoms with Crippen molar-refractivity contribution >= 4 is 17.9 Å². The predicted octanol–water partition coefficient (Wildman–Crippen LogP) is 3.24. The summed E-state index contributed by atoms with van der Waals surface area (Å²) in [5, 5.41) is 0. The van der Waals surface area contributed by atoms with Crippen LogP contribution in [-0.4, -0.2) is 48.6 Å². The smallest absolute Gasteiger partial charge is 0.434 e. The van der Waals surface area contributed by atoms with Crippen LogP contribution < -0.4 is 0 Å². The number of alkyl halides is 6. The van der Waals surface area contributed by atoms with Crippen molar-refractivity contribution in [2.75, 3.05) is 0 Å². The minimum absolute atomic E-state index is 0.0940. The lowest BCUT2D eigenvalue weighted by molar-refractivity contribution is -0.315. The first-order valence-electron chi connectivity index (χ1n) is 9.77. The summed E-state index contributed by atoms with van der Waals surface area (Å²) in [6, 6.07) is 0. The van der Waals surface area contributed by atoms with Crippen LogP contribution in [0.1, 0.15) is 32.1 Å². The molecule has 0 aromatic rings. The summed E-state index contributed by atoms with van der Waals surface area (Å²) in [5.41, 5.74) is -2.25. The number of carbonyl (C=O) groups is 3. The van der Waals surface area contributed by atoms with Crippen LogP contribution in [0.5, 0.6) is 0 Å². The predicted molar refractivity (Wildman–Crippen MR) is 86.9 cm³/mol. The summed E-state index contributed by atoms with van der Waals surface area (Å²) < 4.78 is 91.2. The van der Waals surface area contributed by atoms with Gasteiger partial charge < -0.3 is 14.2 Å². The molecule has 3 aliphatic carbocycles. The lowest BCUT2D eigenvalue weighted by Crippen LogP contribution is -2.51. The summed E-state index contributed by atoms with van der Waals surface area (Å²) in [6.45, 7) is 0. The zero-order valence-corrected chi connectivity index (χ0v) is 15.9. The Hall–Kier alpha value is -2.27. The molecule has 0 aromatic carbocycles. The third-order valence-corrected chi connectivity index (χ3v) is 6.60. The Morgan fingerprint density at radius 1 is 1.13 bits per heavy atom. The molecule has 12 heteroatoms. The third kappa shape index (κ3) is 3.47. The van der Waals surface area contributed by atoms with Gasteiger partial charge in [-0.1, -0.05) is 12.2 Å². The van der Waals surface area contributed by atoms with Gasteiger partial charge in [-0.05, 0) is 32.1 Å². The highest BCUT2D eigenvalue weighted by molar-refractivity contribution is 6.03. The van der Waals surface area contributed by atoms with Crippen molar-refractivity contribution in [2.45, 2.75) is 62.8 Å². The third-order valence-electron chi connectivity index (χ3n) is 6.60. The molecule has 1 aliphatic heterocycles. The van der Waals surface area contributed by atoms with Crippen molar-refractivity contribution in [1.82, 2.24) is 0 Å². The average molecular weight is 456 g/mol. The van der Waals surface area contributed by atoms with Gasteiger partial charge in [0.1, 0.15) is 12.2 Å². The molecule has 4 rings (SSSR count). The highest BCUT2D eigenvalue weighted by Gasteiger charge is 2.76. The molecule has 0 N–H and O–H groups in total. The van der Waals surface area contributed by atoms with Crippen LogP contribution in [-0.2, 0) is 28.6 Å². The van der Waals surface area contributed by atoms with E-state index in [9.17, 15) is 40.7 Å². The Labute approximate surface area is 171 Å². The van der Waals surface area contributed by atoms with Crippen LogP contribution in [0.25, 0.3) is 0 Å². The number of fused-ring (bicyclic) bond motifs is 1. The number of rotatable bonds is 4.